The maximum Gasteiger partial charge on any atom is 0.243 e. The van der Waals surface area contributed by atoms with E-state index in [-0.39, 0.29) is 37.2 Å². The Labute approximate surface area is 226 Å². The van der Waals surface area contributed by atoms with E-state index in [0.717, 1.165) is 37.5 Å². The van der Waals surface area contributed by atoms with Crippen LogP contribution >= 0.6 is 0 Å². The van der Waals surface area contributed by atoms with Crippen LogP contribution in [0, 0.1) is 5.82 Å². The molecular formula is C29H40FN3O4S. The largest absolute Gasteiger partial charge is 0.352 e. The fourth-order valence-electron chi connectivity index (χ4n) is 5.05. The van der Waals surface area contributed by atoms with E-state index in [2.05, 4.69) is 5.32 Å². The van der Waals surface area contributed by atoms with Crippen LogP contribution in [0.3, 0.4) is 0 Å². The minimum atomic E-state index is -3.62. The molecule has 7 nitrogen and oxygen atoms in total. The number of hydrogen-bond acceptors (Lipinski definition) is 4. The third kappa shape index (κ3) is 8.82. The lowest BCUT2D eigenvalue weighted by Gasteiger charge is -2.33. The van der Waals surface area contributed by atoms with Crippen molar-refractivity contribution in [2.45, 2.75) is 76.8 Å². The average Bonchev–Trinajstić information content (AvgIpc) is 2.90. The third-order valence-corrected chi connectivity index (χ3v) is 8.28. The van der Waals surface area contributed by atoms with Gasteiger partial charge in [0, 0.05) is 25.6 Å². The molecule has 0 unspecified atom stereocenters. The van der Waals surface area contributed by atoms with Gasteiger partial charge < -0.3 is 10.2 Å². The number of benzene rings is 2. The first-order valence-electron chi connectivity index (χ1n) is 13.6. The van der Waals surface area contributed by atoms with Gasteiger partial charge in [-0.3, -0.25) is 13.9 Å². The maximum atomic E-state index is 13.5. The van der Waals surface area contributed by atoms with E-state index in [1.807, 2.05) is 37.3 Å². The second-order valence-electron chi connectivity index (χ2n) is 10.0. The highest BCUT2D eigenvalue weighted by Crippen LogP contribution is 2.21. The minimum Gasteiger partial charge on any atom is -0.352 e. The lowest BCUT2D eigenvalue weighted by Crippen LogP contribution is -2.52. The number of carbonyl (C=O) groups excluding carboxylic acids is 2. The van der Waals surface area contributed by atoms with Crippen molar-refractivity contribution in [3.05, 3.63) is 66.0 Å². The summed E-state index contributed by atoms with van der Waals surface area (Å²) in [5.41, 5.74) is 1.42. The number of nitrogens with one attached hydrogen (secondary N) is 1. The maximum absolute atomic E-state index is 13.5. The molecule has 0 aliphatic heterocycles. The molecule has 38 heavy (non-hydrogen) atoms. The number of amides is 2. The van der Waals surface area contributed by atoms with E-state index in [1.54, 1.807) is 4.90 Å². The molecule has 208 valence electrons. The van der Waals surface area contributed by atoms with E-state index in [0.29, 0.717) is 25.1 Å². The van der Waals surface area contributed by atoms with Crippen molar-refractivity contribution >= 4 is 27.5 Å². The molecule has 1 saturated carbocycles. The Kier molecular flexibility index (Phi) is 11.1. The predicted molar refractivity (Wildman–Crippen MR) is 149 cm³/mol. The third-order valence-electron chi connectivity index (χ3n) is 7.09. The molecule has 1 aliphatic carbocycles. The Morgan fingerprint density at radius 2 is 1.66 bits per heavy atom. The van der Waals surface area contributed by atoms with E-state index < -0.39 is 21.9 Å². The van der Waals surface area contributed by atoms with Crippen LogP contribution in [0.1, 0.15) is 63.9 Å². The van der Waals surface area contributed by atoms with Crippen molar-refractivity contribution in [3.63, 3.8) is 0 Å². The second-order valence-corrected chi connectivity index (χ2v) is 11.9. The fourth-order valence-corrected chi connectivity index (χ4v) is 6.02. The zero-order chi connectivity index (χ0) is 27.5. The summed E-state index contributed by atoms with van der Waals surface area (Å²) in [6.45, 7) is 2.38. The molecule has 1 fully saturated rings. The number of anilines is 1. The summed E-state index contributed by atoms with van der Waals surface area (Å²) in [6.07, 6.45) is 7.87. The van der Waals surface area contributed by atoms with Gasteiger partial charge in [-0.25, -0.2) is 12.8 Å². The molecule has 2 aromatic rings. The lowest BCUT2D eigenvalue weighted by molar-refractivity contribution is -0.141. The van der Waals surface area contributed by atoms with Crippen LogP contribution in [0.25, 0.3) is 0 Å². The van der Waals surface area contributed by atoms with Gasteiger partial charge in [0.25, 0.3) is 0 Å². The first-order chi connectivity index (χ1) is 18.2. The van der Waals surface area contributed by atoms with Crippen molar-refractivity contribution < 1.29 is 22.4 Å². The number of halogens is 1. The summed E-state index contributed by atoms with van der Waals surface area (Å²) in [6, 6.07) is 14.6. The van der Waals surface area contributed by atoms with E-state index in [1.165, 1.54) is 35.0 Å². The lowest BCUT2D eigenvalue weighted by atomic mass is 9.95. The van der Waals surface area contributed by atoms with Crippen LogP contribution < -0.4 is 9.62 Å². The molecule has 1 aliphatic rings. The second kappa shape index (κ2) is 14.3. The Morgan fingerprint density at radius 1 is 1.00 bits per heavy atom. The monoisotopic (exact) mass is 545 g/mol. The molecule has 2 amide bonds. The first kappa shape index (κ1) is 29.6. The zero-order valence-corrected chi connectivity index (χ0v) is 23.3. The van der Waals surface area contributed by atoms with Gasteiger partial charge in [-0.1, -0.05) is 56.5 Å². The standard InChI is InChI=1S/C29H40FN3O4S/c1-3-27(29(35)31-25-13-8-5-9-14-25)32(22-20-23-11-6-4-7-12-23)28(34)15-10-21-33(38(2,36)37)26-18-16-24(30)17-19-26/h4,6-7,11-12,16-19,25,27H,3,5,8-10,13-15,20-22H2,1-2H3,(H,31,35)/t27-/m1/s1. The van der Waals surface area contributed by atoms with Crippen molar-refractivity contribution in [1.82, 2.24) is 10.2 Å². The number of rotatable bonds is 13. The molecule has 2 aromatic carbocycles. The Balaban J connectivity index is 1.70. The summed E-state index contributed by atoms with van der Waals surface area (Å²) in [7, 11) is -3.62. The van der Waals surface area contributed by atoms with Gasteiger partial charge in [-0.2, -0.15) is 0 Å². The molecule has 0 spiro atoms. The van der Waals surface area contributed by atoms with E-state index >= 15 is 0 Å². The van der Waals surface area contributed by atoms with Crippen molar-refractivity contribution in [2.75, 3.05) is 23.7 Å². The van der Waals surface area contributed by atoms with Gasteiger partial charge in [0.05, 0.1) is 11.9 Å². The smallest absolute Gasteiger partial charge is 0.243 e. The molecule has 9 heteroatoms. The SMILES string of the molecule is CC[C@H](C(=O)NC1CCCCC1)N(CCc1ccccc1)C(=O)CCCN(c1ccc(F)cc1)S(C)(=O)=O. The Hall–Kier alpha value is -2.94. The van der Waals surface area contributed by atoms with Gasteiger partial charge in [-0.05, 0) is 61.9 Å². The predicted octanol–water partition coefficient (Wildman–Crippen LogP) is 4.67. The van der Waals surface area contributed by atoms with Crippen LogP contribution in [-0.2, 0) is 26.0 Å². The molecule has 3 rings (SSSR count). The number of carbonyl (C=O) groups is 2. The van der Waals surface area contributed by atoms with Crippen molar-refractivity contribution in [1.29, 1.82) is 0 Å². The Bertz CT molecular complexity index is 1140. The van der Waals surface area contributed by atoms with Crippen molar-refractivity contribution in [2.24, 2.45) is 0 Å². The number of hydrogen-bond donors (Lipinski definition) is 1. The minimum absolute atomic E-state index is 0.0772. The molecule has 0 aromatic heterocycles. The molecule has 0 heterocycles. The molecule has 1 N–H and O–H groups in total. The van der Waals surface area contributed by atoms with Gasteiger partial charge >= 0.3 is 0 Å². The van der Waals surface area contributed by atoms with Gasteiger partial charge in [0.1, 0.15) is 11.9 Å². The highest BCUT2D eigenvalue weighted by Gasteiger charge is 2.30. The summed E-state index contributed by atoms with van der Waals surface area (Å²) in [4.78, 5) is 28.5. The molecule has 0 radical (unpaired) electrons. The molecular weight excluding hydrogens is 505 g/mol. The first-order valence-corrected chi connectivity index (χ1v) is 15.4. The zero-order valence-electron chi connectivity index (χ0n) is 22.4. The van der Waals surface area contributed by atoms with Crippen LogP contribution in [0.5, 0.6) is 0 Å². The molecule has 0 saturated heterocycles. The van der Waals surface area contributed by atoms with Crippen LogP contribution in [-0.4, -0.2) is 56.6 Å². The average molecular weight is 546 g/mol. The highest BCUT2D eigenvalue weighted by atomic mass is 32.2. The van der Waals surface area contributed by atoms with Crippen molar-refractivity contribution in [3.8, 4) is 0 Å². The van der Waals surface area contributed by atoms with Crippen LogP contribution in [0.15, 0.2) is 54.6 Å². The van der Waals surface area contributed by atoms with Gasteiger partial charge in [0.2, 0.25) is 21.8 Å². The summed E-state index contributed by atoms with van der Waals surface area (Å²) < 4.78 is 39.3. The normalized spacial score (nSPS) is 15.0. The highest BCUT2D eigenvalue weighted by molar-refractivity contribution is 7.92. The van der Waals surface area contributed by atoms with Crippen LogP contribution in [0.2, 0.25) is 0 Å². The van der Waals surface area contributed by atoms with Crippen LogP contribution in [0.4, 0.5) is 10.1 Å². The molecule has 0 bridgehead atoms. The topological polar surface area (TPSA) is 86.8 Å². The number of nitrogens with zero attached hydrogens (tertiary/aromatic N) is 2. The summed E-state index contributed by atoms with van der Waals surface area (Å²) in [5.74, 6) is -0.757. The molecule has 1 atom stereocenters. The van der Waals surface area contributed by atoms with E-state index in [9.17, 15) is 22.4 Å². The van der Waals surface area contributed by atoms with Gasteiger partial charge in [0.15, 0.2) is 0 Å². The summed E-state index contributed by atoms with van der Waals surface area (Å²) >= 11 is 0. The summed E-state index contributed by atoms with van der Waals surface area (Å²) in [5, 5.41) is 3.17. The number of sulfonamides is 1. The Morgan fingerprint density at radius 3 is 2.26 bits per heavy atom. The van der Waals surface area contributed by atoms with Gasteiger partial charge in [-0.15, -0.1) is 0 Å². The fraction of sp³-hybridized carbons (Fsp3) is 0.517. The quantitative estimate of drug-likeness (QED) is 0.396. The van der Waals surface area contributed by atoms with E-state index in [4.69, 9.17) is 0 Å².